The van der Waals surface area contributed by atoms with Crippen molar-refractivity contribution in [3.05, 3.63) is 29.6 Å². The third-order valence-electron chi connectivity index (χ3n) is 3.85. The van der Waals surface area contributed by atoms with Gasteiger partial charge in [-0.3, -0.25) is 4.90 Å². The molecule has 0 aliphatic carbocycles. The number of benzene rings is 1. The summed E-state index contributed by atoms with van der Waals surface area (Å²) in [4.78, 5) is 16.4. The minimum Gasteiger partial charge on any atom is -0.336 e. The van der Waals surface area contributed by atoms with Crippen molar-refractivity contribution in [3.63, 3.8) is 0 Å². The van der Waals surface area contributed by atoms with Crippen LogP contribution in [-0.4, -0.2) is 62.1 Å². The van der Waals surface area contributed by atoms with Gasteiger partial charge in [-0.15, -0.1) is 0 Å². The Bertz CT molecular complexity index is 508. The molecule has 1 fully saturated rings. The smallest absolute Gasteiger partial charge is 0.319 e. The van der Waals surface area contributed by atoms with E-state index in [4.69, 9.17) is 0 Å². The van der Waals surface area contributed by atoms with Crippen molar-refractivity contribution in [3.8, 4) is 0 Å². The number of likely N-dealkylation sites (N-methyl/N-ethyl adjacent to an activating group) is 2. The van der Waals surface area contributed by atoms with Crippen LogP contribution in [0.3, 0.4) is 0 Å². The number of carbonyl (C=O) groups excluding carboxylic acids is 1. The zero-order valence-electron chi connectivity index (χ0n) is 12.8. The van der Waals surface area contributed by atoms with Gasteiger partial charge in [-0.05, 0) is 38.7 Å². The molecule has 1 aliphatic heterocycles. The van der Waals surface area contributed by atoms with Crippen molar-refractivity contribution in [1.29, 1.82) is 0 Å². The molecule has 6 heteroatoms. The topological polar surface area (TPSA) is 47.6 Å². The lowest BCUT2D eigenvalue weighted by atomic mass is 10.2. The zero-order chi connectivity index (χ0) is 15.4. The Balaban J connectivity index is 1.86. The first-order valence-electron chi connectivity index (χ1n) is 7.15. The van der Waals surface area contributed by atoms with Crippen LogP contribution in [0.2, 0.25) is 0 Å². The highest BCUT2D eigenvalue weighted by Gasteiger charge is 2.22. The summed E-state index contributed by atoms with van der Waals surface area (Å²) in [5.41, 5.74) is 1.11. The van der Waals surface area contributed by atoms with Crippen LogP contribution in [0.25, 0.3) is 0 Å². The van der Waals surface area contributed by atoms with E-state index in [0.29, 0.717) is 6.54 Å². The van der Waals surface area contributed by atoms with E-state index < -0.39 is 5.82 Å². The van der Waals surface area contributed by atoms with Crippen LogP contribution in [0.4, 0.5) is 14.9 Å². The predicted octanol–water partition coefficient (Wildman–Crippen LogP) is 1.50. The van der Waals surface area contributed by atoms with Gasteiger partial charge in [-0.2, -0.15) is 0 Å². The molecule has 1 aromatic rings. The Hall–Kier alpha value is -1.66. The summed E-state index contributed by atoms with van der Waals surface area (Å²) in [5, 5.41) is 5.37. The maximum absolute atomic E-state index is 13.6. The van der Waals surface area contributed by atoms with E-state index in [0.717, 1.165) is 25.2 Å². The highest BCUT2D eigenvalue weighted by molar-refractivity contribution is 5.89. The molecule has 0 spiro atoms. The summed E-state index contributed by atoms with van der Waals surface area (Å²) < 4.78 is 13.6. The number of nitrogens with zero attached hydrogens (tertiary/aromatic N) is 2. The molecule has 1 aliphatic rings. The van der Waals surface area contributed by atoms with E-state index >= 15 is 0 Å². The molecule has 0 bridgehead atoms. The number of aryl methyl sites for hydroxylation is 1. The molecule has 0 aromatic heterocycles. The van der Waals surface area contributed by atoms with Gasteiger partial charge in [0.15, 0.2) is 0 Å². The fourth-order valence-electron chi connectivity index (χ4n) is 2.43. The second-order valence-corrected chi connectivity index (χ2v) is 5.72. The van der Waals surface area contributed by atoms with E-state index in [1.807, 2.05) is 6.92 Å². The predicted molar refractivity (Wildman–Crippen MR) is 82.1 cm³/mol. The number of rotatable bonds is 3. The van der Waals surface area contributed by atoms with Crippen molar-refractivity contribution in [1.82, 2.24) is 15.1 Å². The summed E-state index contributed by atoms with van der Waals surface area (Å²) in [7, 11) is 4.12. The fraction of sp³-hybridized carbons (Fsp3) is 0.533. The van der Waals surface area contributed by atoms with Crippen molar-refractivity contribution in [2.24, 2.45) is 0 Å². The molecule has 1 atom stereocenters. The van der Waals surface area contributed by atoms with Crippen LogP contribution in [0.5, 0.6) is 0 Å². The maximum atomic E-state index is 13.6. The Kier molecular flexibility index (Phi) is 5.14. The van der Waals surface area contributed by atoms with Crippen molar-refractivity contribution in [2.45, 2.75) is 13.0 Å². The van der Waals surface area contributed by atoms with Gasteiger partial charge < -0.3 is 15.5 Å². The van der Waals surface area contributed by atoms with Crippen LogP contribution in [-0.2, 0) is 0 Å². The van der Waals surface area contributed by atoms with Gasteiger partial charge in [0.25, 0.3) is 0 Å². The second kappa shape index (κ2) is 6.87. The number of piperazine rings is 1. The summed E-state index contributed by atoms with van der Waals surface area (Å²) in [6.07, 6.45) is 0. The van der Waals surface area contributed by atoms with Crippen LogP contribution in [0, 0.1) is 12.7 Å². The van der Waals surface area contributed by atoms with Crippen molar-refractivity contribution < 1.29 is 9.18 Å². The highest BCUT2D eigenvalue weighted by atomic mass is 19.1. The fourth-order valence-corrected chi connectivity index (χ4v) is 2.43. The van der Waals surface area contributed by atoms with Gasteiger partial charge in [0.05, 0.1) is 5.69 Å². The molecule has 0 radical (unpaired) electrons. The van der Waals surface area contributed by atoms with Crippen LogP contribution >= 0.6 is 0 Å². The van der Waals surface area contributed by atoms with E-state index in [1.54, 1.807) is 12.1 Å². The number of anilines is 1. The average Bonchev–Trinajstić information content (AvgIpc) is 2.44. The summed E-state index contributed by atoms with van der Waals surface area (Å²) >= 11 is 0. The van der Waals surface area contributed by atoms with E-state index in [9.17, 15) is 9.18 Å². The zero-order valence-corrected chi connectivity index (χ0v) is 12.8. The van der Waals surface area contributed by atoms with Crippen molar-refractivity contribution >= 4 is 11.7 Å². The molecule has 21 heavy (non-hydrogen) atoms. The summed E-state index contributed by atoms with van der Waals surface area (Å²) in [6.45, 7) is 5.33. The lowest BCUT2D eigenvalue weighted by Gasteiger charge is -2.37. The third kappa shape index (κ3) is 4.41. The summed E-state index contributed by atoms with van der Waals surface area (Å²) in [6, 6.07) is 4.55. The van der Waals surface area contributed by atoms with Crippen molar-refractivity contribution in [2.75, 3.05) is 45.6 Å². The number of amides is 2. The average molecular weight is 294 g/mol. The molecule has 5 nitrogen and oxygen atoms in total. The van der Waals surface area contributed by atoms with E-state index in [2.05, 4.69) is 34.5 Å². The number of hydrogen-bond acceptors (Lipinski definition) is 3. The van der Waals surface area contributed by atoms with Gasteiger partial charge in [0, 0.05) is 32.2 Å². The lowest BCUT2D eigenvalue weighted by molar-refractivity contribution is 0.115. The minimum atomic E-state index is -0.426. The lowest BCUT2D eigenvalue weighted by Crippen LogP contribution is -2.54. The van der Waals surface area contributed by atoms with Crippen LogP contribution in [0.1, 0.15) is 5.56 Å². The van der Waals surface area contributed by atoms with Gasteiger partial charge in [0.2, 0.25) is 0 Å². The van der Waals surface area contributed by atoms with Gasteiger partial charge >= 0.3 is 6.03 Å². The number of halogens is 1. The Labute approximate surface area is 125 Å². The standard InChI is InChI=1S/C15H23FN4O/c1-11-4-5-13(16)14(8-11)18-15(21)17-9-12-10-19(2)6-7-20(12)3/h4-5,8,12H,6-7,9-10H2,1-3H3,(H2,17,18,21)/t12-/m1/s1. The van der Waals surface area contributed by atoms with Gasteiger partial charge in [0.1, 0.15) is 5.82 Å². The van der Waals surface area contributed by atoms with E-state index in [-0.39, 0.29) is 17.8 Å². The largest absolute Gasteiger partial charge is 0.336 e. The summed E-state index contributed by atoms with van der Waals surface area (Å²) in [5.74, 6) is -0.426. The first-order chi connectivity index (χ1) is 9.95. The Morgan fingerprint density at radius 3 is 2.90 bits per heavy atom. The minimum absolute atomic E-state index is 0.210. The number of hydrogen-bond donors (Lipinski definition) is 2. The molecule has 0 saturated carbocycles. The number of carbonyl (C=O) groups is 1. The molecule has 1 aromatic carbocycles. The normalized spacial score (nSPS) is 20.3. The first-order valence-corrected chi connectivity index (χ1v) is 7.15. The molecule has 2 N–H and O–H groups in total. The quantitative estimate of drug-likeness (QED) is 0.888. The molecule has 1 saturated heterocycles. The monoisotopic (exact) mass is 294 g/mol. The Morgan fingerprint density at radius 2 is 2.14 bits per heavy atom. The highest BCUT2D eigenvalue weighted by Crippen LogP contribution is 2.15. The van der Waals surface area contributed by atoms with Gasteiger partial charge in [-0.1, -0.05) is 6.07 Å². The molecule has 2 amide bonds. The molecule has 2 rings (SSSR count). The van der Waals surface area contributed by atoms with Crippen LogP contribution in [0.15, 0.2) is 18.2 Å². The Morgan fingerprint density at radius 1 is 1.38 bits per heavy atom. The second-order valence-electron chi connectivity index (χ2n) is 5.72. The molecule has 0 unspecified atom stereocenters. The van der Waals surface area contributed by atoms with E-state index in [1.165, 1.54) is 6.07 Å². The molecule has 1 heterocycles. The number of nitrogens with one attached hydrogen (secondary N) is 2. The molecular formula is C15H23FN4O. The number of urea groups is 1. The molecule has 116 valence electrons. The molecular weight excluding hydrogens is 271 g/mol. The third-order valence-corrected chi connectivity index (χ3v) is 3.85. The first kappa shape index (κ1) is 15.7. The maximum Gasteiger partial charge on any atom is 0.319 e. The van der Waals surface area contributed by atoms with Crippen LogP contribution < -0.4 is 10.6 Å². The van der Waals surface area contributed by atoms with Gasteiger partial charge in [-0.25, -0.2) is 9.18 Å². The SMILES string of the molecule is Cc1ccc(F)c(NC(=O)NC[C@@H]2CN(C)CCN2C)c1.